The van der Waals surface area contributed by atoms with Gasteiger partial charge in [-0.3, -0.25) is 9.59 Å². The molecule has 0 bridgehead atoms. The second-order valence-electron chi connectivity index (χ2n) is 7.93. The second-order valence-corrected chi connectivity index (χ2v) is 7.93. The summed E-state index contributed by atoms with van der Waals surface area (Å²) in [6.45, 7) is 2.08. The van der Waals surface area contributed by atoms with Gasteiger partial charge in [0.2, 0.25) is 5.91 Å². The zero-order valence-corrected chi connectivity index (χ0v) is 16.6. The third-order valence-corrected chi connectivity index (χ3v) is 6.19. The summed E-state index contributed by atoms with van der Waals surface area (Å²) in [7, 11) is 5.73. The van der Waals surface area contributed by atoms with E-state index in [1.54, 1.807) is 25.4 Å². The lowest BCUT2D eigenvalue weighted by Gasteiger charge is -2.40. The molecule has 7 nitrogen and oxygen atoms in total. The van der Waals surface area contributed by atoms with E-state index in [0.29, 0.717) is 18.2 Å². The molecule has 2 heterocycles. The highest BCUT2D eigenvalue weighted by Gasteiger charge is 2.37. The molecule has 0 spiro atoms. The lowest BCUT2D eigenvalue weighted by Crippen LogP contribution is -2.52. The van der Waals surface area contributed by atoms with Gasteiger partial charge in [-0.05, 0) is 64.4 Å². The van der Waals surface area contributed by atoms with Gasteiger partial charge >= 0.3 is 0 Å². The number of nitrogens with one attached hydrogen (secondary N) is 2. The molecule has 1 aromatic rings. The molecule has 0 aromatic carbocycles. The van der Waals surface area contributed by atoms with Gasteiger partial charge in [-0.1, -0.05) is 0 Å². The maximum atomic E-state index is 13.0. The SMILES string of the molecule is CO[C@@H]1C[C@@H](C(=O)N(C)C2CCN(C)CC2)CC[C@H]1NC(=O)c1ccc[nH]1. The minimum absolute atomic E-state index is 0.0294. The van der Waals surface area contributed by atoms with Crippen molar-refractivity contribution in [3.63, 3.8) is 0 Å². The number of rotatable bonds is 5. The van der Waals surface area contributed by atoms with Crippen LogP contribution in [0.2, 0.25) is 0 Å². The monoisotopic (exact) mass is 376 g/mol. The summed E-state index contributed by atoms with van der Waals surface area (Å²) < 4.78 is 5.64. The van der Waals surface area contributed by atoms with Gasteiger partial charge in [-0.25, -0.2) is 0 Å². The highest BCUT2D eigenvalue weighted by Crippen LogP contribution is 2.29. The first-order chi connectivity index (χ1) is 13.0. The first kappa shape index (κ1) is 19.9. The summed E-state index contributed by atoms with van der Waals surface area (Å²) in [5, 5.41) is 3.05. The van der Waals surface area contributed by atoms with E-state index in [-0.39, 0.29) is 29.9 Å². The van der Waals surface area contributed by atoms with Gasteiger partial charge in [-0.2, -0.15) is 0 Å². The number of likely N-dealkylation sites (tertiary alicyclic amines) is 1. The summed E-state index contributed by atoms with van der Waals surface area (Å²) in [6, 6.07) is 3.82. The van der Waals surface area contributed by atoms with Crippen molar-refractivity contribution in [2.75, 3.05) is 34.3 Å². The van der Waals surface area contributed by atoms with Crippen LogP contribution >= 0.6 is 0 Å². The van der Waals surface area contributed by atoms with Crippen molar-refractivity contribution in [1.82, 2.24) is 20.1 Å². The van der Waals surface area contributed by atoms with E-state index < -0.39 is 0 Å². The molecular formula is C20H32N4O3. The number of carbonyl (C=O) groups excluding carboxylic acids is 2. The van der Waals surface area contributed by atoms with E-state index in [1.807, 2.05) is 11.9 Å². The van der Waals surface area contributed by atoms with Crippen LogP contribution in [-0.2, 0) is 9.53 Å². The Balaban J connectivity index is 1.55. The minimum Gasteiger partial charge on any atom is -0.379 e. The first-order valence-electron chi connectivity index (χ1n) is 9.92. The van der Waals surface area contributed by atoms with Gasteiger partial charge in [-0.15, -0.1) is 0 Å². The largest absolute Gasteiger partial charge is 0.379 e. The highest BCUT2D eigenvalue weighted by atomic mass is 16.5. The standard InChI is InChI=1S/C20H32N4O3/c1-23-11-8-15(9-12-23)24(2)20(26)14-6-7-16(18(13-14)27-3)22-19(25)17-5-4-10-21-17/h4-5,10,14-16,18,21H,6-9,11-13H2,1-3H3,(H,22,25)/t14-,16+,18+/m0/s1. The molecular weight excluding hydrogens is 344 g/mol. The third kappa shape index (κ3) is 4.71. The fourth-order valence-corrected chi connectivity index (χ4v) is 4.35. The van der Waals surface area contributed by atoms with Crippen molar-refractivity contribution in [2.45, 2.75) is 50.3 Å². The number of carbonyl (C=O) groups is 2. The van der Waals surface area contributed by atoms with Crippen LogP contribution in [0, 0.1) is 5.92 Å². The smallest absolute Gasteiger partial charge is 0.267 e. The molecule has 3 rings (SSSR count). The average molecular weight is 377 g/mol. The van der Waals surface area contributed by atoms with Crippen molar-refractivity contribution >= 4 is 11.8 Å². The Kier molecular flexibility index (Phi) is 6.55. The van der Waals surface area contributed by atoms with E-state index in [0.717, 1.165) is 38.8 Å². The number of hydrogen-bond donors (Lipinski definition) is 2. The summed E-state index contributed by atoms with van der Waals surface area (Å²) >= 11 is 0. The molecule has 1 aromatic heterocycles. The molecule has 1 aliphatic carbocycles. The van der Waals surface area contributed by atoms with E-state index in [9.17, 15) is 9.59 Å². The van der Waals surface area contributed by atoms with E-state index in [1.165, 1.54) is 0 Å². The zero-order chi connectivity index (χ0) is 19.4. The molecule has 2 amide bonds. The molecule has 150 valence electrons. The van der Waals surface area contributed by atoms with Crippen LogP contribution in [-0.4, -0.2) is 79.1 Å². The number of nitrogens with zero attached hydrogens (tertiary/aromatic N) is 2. The van der Waals surface area contributed by atoms with Gasteiger partial charge in [0.1, 0.15) is 5.69 Å². The quantitative estimate of drug-likeness (QED) is 0.816. The van der Waals surface area contributed by atoms with Crippen molar-refractivity contribution in [2.24, 2.45) is 5.92 Å². The average Bonchev–Trinajstić information content (AvgIpc) is 3.22. The van der Waals surface area contributed by atoms with Crippen molar-refractivity contribution < 1.29 is 14.3 Å². The Morgan fingerprint density at radius 2 is 2.00 bits per heavy atom. The molecule has 27 heavy (non-hydrogen) atoms. The molecule has 2 aliphatic rings. The molecule has 1 saturated heterocycles. The van der Waals surface area contributed by atoms with E-state index >= 15 is 0 Å². The Morgan fingerprint density at radius 1 is 1.26 bits per heavy atom. The van der Waals surface area contributed by atoms with Crippen LogP contribution in [0.5, 0.6) is 0 Å². The van der Waals surface area contributed by atoms with Gasteiger partial charge in [0.15, 0.2) is 0 Å². The predicted octanol–water partition coefficient (Wildman–Crippen LogP) is 1.48. The predicted molar refractivity (Wildman–Crippen MR) is 103 cm³/mol. The van der Waals surface area contributed by atoms with Gasteiger partial charge < -0.3 is 24.8 Å². The number of ether oxygens (including phenoxy) is 1. The number of aromatic nitrogens is 1. The Bertz CT molecular complexity index is 625. The van der Waals surface area contributed by atoms with Crippen molar-refractivity contribution in [3.8, 4) is 0 Å². The number of amides is 2. The number of aromatic amines is 1. The van der Waals surface area contributed by atoms with Crippen LogP contribution in [0.1, 0.15) is 42.6 Å². The molecule has 1 saturated carbocycles. The third-order valence-electron chi connectivity index (χ3n) is 6.19. The van der Waals surface area contributed by atoms with Crippen LogP contribution in [0.3, 0.4) is 0 Å². The highest BCUT2D eigenvalue weighted by molar-refractivity contribution is 5.92. The molecule has 2 N–H and O–H groups in total. The fourth-order valence-electron chi connectivity index (χ4n) is 4.35. The Labute approximate surface area is 161 Å². The normalized spacial score (nSPS) is 27.3. The Hall–Kier alpha value is -1.86. The van der Waals surface area contributed by atoms with Crippen LogP contribution in [0.15, 0.2) is 18.3 Å². The summed E-state index contributed by atoms with van der Waals surface area (Å²) in [5.74, 6) is 0.0688. The van der Waals surface area contributed by atoms with E-state index in [2.05, 4.69) is 22.2 Å². The molecule has 3 atom stereocenters. The first-order valence-corrected chi connectivity index (χ1v) is 9.92. The second kappa shape index (κ2) is 8.89. The van der Waals surface area contributed by atoms with Crippen LogP contribution in [0.25, 0.3) is 0 Å². The van der Waals surface area contributed by atoms with Gasteiger partial charge in [0.05, 0.1) is 12.1 Å². The van der Waals surface area contributed by atoms with Crippen LogP contribution < -0.4 is 5.32 Å². The maximum absolute atomic E-state index is 13.0. The molecule has 1 aliphatic heterocycles. The number of hydrogen-bond acceptors (Lipinski definition) is 4. The number of H-pyrrole nitrogens is 1. The Morgan fingerprint density at radius 3 is 2.63 bits per heavy atom. The zero-order valence-electron chi connectivity index (χ0n) is 16.6. The fraction of sp³-hybridized carbons (Fsp3) is 0.700. The van der Waals surface area contributed by atoms with Gasteiger partial charge in [0.25, 0.3) is 5.91 Å². The maximum Gasteiger partial charge on any atom is 0.267 e. The lowest BCUT2D eigenvalue weighted by atomic mass is 9.82. The van der Waals surface area contributed by atoms with Crippen molar-refractivity contribution in [3.05, 3.63) is 24.0 Å². The molecule has 0 unspecified atom stereocenters. The summed E-state index contributed by atoms with van der Waals surface area (Å²) in [4.78, 5) is 32.5. The van der Waals surface area contributed by atoms with E-state index in [4.69, 9.17) is 4.74 Å². The molecule has 2 fully saturated rings. The number of piperidine rings is 1. The molecule has 0 radical (unpaired) electrons. The van der Waals surface area contributed by atoms with Crippen molar-refractivity contribution in [1.29, 1.82) is 0 Å². The topological polar surface area (TPSA) is 77.7 Å². The summed E-state index contributed by atoms with van der Waals surface area (Å²) in [5.41, 5.74) is 0.546. The van der Waals surface area contributed by atoms with Gasteiger partial charge in [0, 0.05) is 32.3 Å². The summed E-state index contributed by atoms with van der Waals surface area (Å²) in [6.07, 6.45) is 5.85. The number of methoxy groups -OCH3 is 1. The van der Waals surface area contributed by atoms with Crippen LogP contribution in [0.4, 0.5) is 0 Å². The molecule has 7 heteroatoms. The minimum atomic E-state index is -0.141. The lowest BCUT2D eigenvalue weighted by molar-refractivity contribution is -0.140.